The van der Waals surface area contributed by atoms with E-state index >= 15 is 0 Å². The summed E-state index contributed by atoms with van der Waals surface area (Å²) in [5.41, 5.74) is 0.680. The van der Waals surface area contributed by atoms with Gasteiger partial charge < -0.3 is 10.2 Å². The van der Waals surface area contributed by atoms with Crippen LogP contribution in [0.1, 0.15) is 5.56 Å². The maximum Gasteiger partial charge on any atom is 0.335 e. The molecule has 2 saturated heterocycles. The quantitative estimate of drug-likeness (QED) is 0.313. The highest BCUT2D eigenvalue weighted by Crippen LogP contribution is 2.30. The summed E-state index contributed by atoms with van der Waals surface area (Å²) in [5.74, 6) is -1.73. The fourth-order valence-electron chi connectivity index (χ4n) is 3.63. The number of piperazine rings is 1. The van der Waals surface area contributed by atoms with Gasteiger partial charge in [0.05, 0.1) is 10.6 Å². The lowest BCUT2D eigenvalue weighted by Crippen LogP contribution is -2.54. The standard InChI is InChI=1S/C21H18ClN5O5/c22-14-2-1-3-15(12-14)26-20(29)17(19(28)24-21(26)30)11-13-10-16(27(31)32)4-5-18(13)25-8-6-23-7-9-25/h1-5,10-12,23H,6-9H2,(H,24,28,30)/b17-11-. The van der Waals surface area contributed by atoms with Gasteiger partial charge in [0.2, 0.25) is 0 Å². The molecule has 2 heterocycles. The molecule has 4 rings (SSSR count). The molecule has 164 valence electrons. The number of carbonyl (C=O) groups excluding carboxylic acids is 3. The summed E-state index contributed by atoms with van der Waals surface area (Å²) in [5, 5.41) is 17.0. The van der Waals surface area contributed by atoms with Gasteiger partial charge in [0, 0.05) is 54.6 Å². The van der Waals surface area contributed by atoms with Crippen molar-refractivity contribution in [1.82, 2.24) is 10.6 Å². The number of hydrogen-bond acceptors (Lipinski definition) is 7. The minimum atomic E-state index is -0.902. The molecule has 0 atom stereocenters. The molecule has 0 saturated carbocycles. The molecule has 0 aromatic heterocycles. The minimum absolute atomic E-state index is 0.179. The molecule has 0 spiro atoms. The van der Waals surface area contributed by atoms with Crippen molar-refractivity contribution in [2.75, 3.05) is 36.0 Å². The normalized spacial score (nSPS) is 18.2. The smallest absolute Gasteiger partial charge is 0.335 e. The number of non-ortho nitro benzene ring substituents is 1. The van der Waals surface area contributed by atoms with Crippen molar-refractivity contribution < 1.29 is 19.3 Å². The van der Waals surface area contributed by atoms with Gasteiger partial charge in [-0.2, -0.15) is 0 Å². The Labute approximate surface area is 187 Å². The third-order valence-corrected chi connectivity index (χ3v) is 5.38. The maximum atomic E-state index is 13.1. The highest BCUT2D eigenvalue weighted by atomic mass is 35.5. The molecule has 0 aliphatic carbocycles. The van der Waals surface area contributed by atoms with Crippen LogP contribution in [0.25, 0.3) is 6.08 Å². The Bertz CT molecular complexity index is 1160. The van der Waals surface area contributed by atoms with Crippen LogP contribution < -0.4 is 20.4 Å². The second-order valence-electron chi connectivity index (χ2n) is 7.17. The predicted molar refractivity (Wildman–Crippen MR) is 119 cm³/mol. The Kier molecular flexibility index (Phi) is 5.89. The van der Waals surface area contributed by atoms with Crippen molar-refractivity contribution in [2.24, 2.45) is 0 Å². The molecular weight excluding hydrogens is 438 g/mol. The van der Waals surface area contributed by atoms with Gasteiger partial charge >= 0.3 is 6.03 Å². The van der Waals surface area contributed by atoms with Gasteiger partial charge in [-0.25, -0.2) is 9.69 Å². The van der Waals surface area contributed by atoms with Crippen LogP contribution in [0, 0.1) is 10.1 Å². The Morgan fingerprint density at radius 2 is 1.81 bits per heavy atom. The third kappa shape index (κ3) is 4.18. The first kappa shape index (κ1) is 21.5. The van der Waals surface area contributed by atoms with E-state index in [1.54, 1.807) is 18.2 Å². The predicted octanol–water partition coefficient (Wildman–Crippen LogP) is 2.32. The number of hydrogen-bond donors (Lipinski definition) is 2. The molecule has 0 radical (unpaired) electrons. The van der Waals surface area contributed by atoms with E-state index in [1.165, 1.54) is 30.3 Å². The van der Waals surface area contributed by atoms with E-state index in [9.17, 15) is 24.5 Å². The van der Waals surface area contributed by atoms with Crippen molar-refractivity contribution in [3.05, 3.63) is 68.7 Å². The van der Waals surface area contributed by atoms with Gasteiger partial charge in [0.25, 0.3) is 17.5 Å². The molecule has 0 unspecified atom stereocenters. The fraction of sp³-hybridized carbons (Fsp3) is 0.190. The number of rotatable bonds is 4. The number of benzene rings is 2. The number of nitro benzene ring substituents is 1. The number of halogens is 1. The van der Waals surface area contributed by atoms with Crippen LogP contribution in [-0.2, 0) is 9.59 Å². The summed E-state index contributed by atoms with van der Waals surface area (Å²) in [6.07, 6.45) is 1.28. The highest BCUT2D eigenvalue weighted by Gasteiger charge is 2.37. The zero-order chi connectivity index (χ0) is 22.8. The van der Waals surface area contributed by atoms with E-state index in [0.29, 0.717) is 29.4 Å². The molecule has 2 aliphatic rings. The molecule has 2 N–H and O–H groups in total. The first-order valence-electron chi connectivity index (χ1n) is 9.76. The fourth-order valence-corrected chi connectivity index (χ4v) is 3.81. The molecule has 4 amide bonds. The molecule has 2 fully saturated rings. The van der Waals surface area contributed by atoms with Crippen LogP contribution in [0.5, 0.6) is 0 Å². The molecule has 11 heteroatoms. The summed E-state index contributed by atoms with van der Waals surface area (Å²) in [7, 11) is 0. The first-order chi connectivity index (χ1) is 15.3. The number of nitrogens with one attached hydrogen (secondary N) is 2. The molecule has 32 heavy (non-hydrogen) atoms. The number of urea groups is 1. The summed E-state index contributed by atoms with van der Waals surface area (Å²) < 4.78 is 0. The lowest BCUT2D eigenvalue weighted by atomic mass is 10.0. The molecule has 2 aromatic rings. The van der Waals surface area contributed by atoms with Gasteiger partial charge in [-0.1, -0.05) is 17.7 Å². The Balaban J connectivity index is 1.79. The van der Waals surface area contributed by atoms with Crippen LogP contribution in [0.3, 0.4) is 0 Å². The van der Waals surface area contributed by atoms with Crippen LogP contribution >= 0.6 is 11.6 Å². The number of nitro groups is 1. The van der Waals surface area contributed by atoms with Crippen molar-refractivity contribution >= 4 is 52.6 Å². The van der Waals surface area contributed by atoms with Gasteiger partial charge in [0.1, 0.15) is 5.57 Å². The first-order valence-corrected chi connectivity index (χ1v) is 10.1. The van der Waals surface area contributed by atoms with Crippen molar-refractivity contribution in [2.45, 2.75) is 0 Å². The molecular formula is C21H18ClN5O5. The Morgan fingerprint density at radius 3 is 2.50 bits per heavy atom. The number of barbiturate groups is 1. The average molecular weight is 456 g/mol. The molecule has 10 nitrogen and oxygen atoms in total. The SMILES string of the molecule is O=C1NC(=O)N(c2cccc(Cl)c2)C(=O)/C1=C\c1cc([N+](=O)[O-])ccc1N1CCNCC1. The van der Waals surface area contributed by atoms with E-state index in [1.807, 2.05) is 4.90 Å². The molecule has 0 bridgehead atoms. The number of imide groups is 2. The molecule has 2 aromatic carbocycles. The van der Waals surface area contributed by atoms with Crippen LogP contribution in [-0.4, -0.2) is 48.9 Å². The van der Waals surface area contributed by atoms with Gasteiger partial charge in [-0.3, -0.25) is 25.0 Å². The summed E-state index contributed by atoms with van der Waals surface area (Å²) >= 11 is 5.98. The van der Waals surface area contributed by atoms with Crippen LogP contribution in [0.2, 0.25) is 5.02 Å². The van der Waals surface area contributed by atoms with E-state index in [-0.39, 0.29) is 16.9 Å². The van der Waals surface area contributed by atoms with Crippen molar-refractivity contribution in [1.29, 1.82) is 0 Å². The Hall–Kier alpha value is -3.76. The van der Waals surface area contributed by atoms with E-state index in [0.717, 1.165) is 18.0 Å². The topological polar surface area (TPSA) is 125 Å². The monoisotopic (exact) mass is 455 g/mol. The van der Waals surface area contributed by atoms with Crippen molar-refractivity contribution in [3.8, 4) is 0 Å². The zero-order valence-electron chi connectivity index (χ0n) is 16.7. The van der Waals surface area contributed by atoms with E-state index in [4.69, 9.17) is 11.6 Å². The summed E-state index contributed by atoms with van der Waals surface area (Å²) in [4.78, 5) is 51.7. The number of amides is 4. The maximum absolute atomic E-state index is 13.1. The number of carbonyl (C=O) groups is 3. The second kappa shape index (κ2) is 8.77. The minimum Gasteiger partial charge on any atom is -0.368 e. The summed E-state index contributed by atoms with van der Waals surface area (Å²) in [6, 6.07) is 9.47. The third-order valence-electron chi connectivity index (χ3n) is 5.15. The lowest BCUT2D eigenvalue weighted by molar-refractivity contribution is -0.384. The lowest BCUT2D eigenvalue weighted by Gasteiger charge is -2.31. The average Bonchev–Trinajstić information content (AvgIpc) is 2.77. The van der Waals surface area contributed by atoms with Crippen LogP contribution in [0.15, 0.2) is 48.0 Å². The number of anilines is 2. The Morgan fingerprint density at radius 1 is 1.06 bits per heavy atom. The van der Waals surface area contributed by atoms with Gasteiger partial charge in [-0.15, -0.1) is 0 Å². The van der Waals surface area contributed by atoms with Gasteiger partial charge in [-0.05, 0) is 30.3 Å². The summed E-state index contributed by atoms with van der Waals surface area (Å²) in [6.45, 7) is 2.76. The van der Waals surface area contributed by atoms with Crippen molar-refractivity contribution in [3.63, 3.8) is 0 Å². The zero-order valence-corrected chi connectivity index (χ0v) is 17.5. The van der Waals surface area contributed by atoms with Gasteiger partial charge in [0.15, 0.2) is 0 Å². The molecule has 2 aliphatic heterocycles. The van der Waals surface area contributed by atoms with Crippen LogP contribution in [0.4, 0.5) is 21.9 Å². The number of nitrogens with zero attached hydrogens (tertiary/aromatic N) is 3. The van der Waals surface area contributed by atoms with E-state index in [2.05, 4.69) is 10.6 Å². The van der Waals surface area contributed by atoms with E-state index < -0.39 is 22.8 Å². The highest BCUT2D eigenvalue weighted by molar-refractivity contribution is 6.39. The second-order valence-corrected chi connectivity index (χ2v) is 7.61. The largest absolute Gasteiger partial charge is 0.368 e.